The molecule has 0 spiro atoms. The number of carbonyl (C=O) groups is 2. The van der Waals surface area contributed by atoms with Gasteiger partial charge < -0.3 is 14.4 Å². The summed E-state index contributed by atoms with van der Waals surface area (Å²) in [7, 11) is 5.47. The number of carbonyl (C=O) groups excluding carboxylic acids is 2. The molecule has 0 saturated carbocycles. The van der Waals surface area contributed by atoms with Gasteiger partial charge in [-0.1, -0.05) is 0 Å². The molecule has 1 fully saturated rings. The van der Waals surface area contributed by atoms with E-state index in [9.17, 15) is 9.59 Å². The van der Waals surface area contributed by atoms with Gasteiger partial charge in [-0.3, -0.25) is 19.6 Å². The van der Waals surface area contributed by atoms with Crippen LogP contribution >= 0.6 is 0 Å². The summed E-state index contributed by atoms with van der Waals surface area (Å²) in [6.45, 7) is 3.21. The van der Waals surface area contributed by atoms with E-state index in [1.807, 2.05) is 34.8 Å². The Morgan fingerprint density at radius 2 is 2.04 bits per heavy atom. The van der Waals surface area contributed by atoms with Gasteiger partial charge in [0, 0.05) is 53.5 Å². The van der Waals surface area contributed by atoms with Crippen LogP contribution in [0, 0.1) is 0 Å². The highest BCUT2D eigenvalue weighted by molar-refractivity contribution is 5.93. The Balaban J connectivity index is 1.63. The van der Waals surface area contributed by atoms with Crippen LogP contribution in [-0.2, 0) is 11.8 Å². The van der Waals surface area contributed by atoms with E-state index in [0.29, 0.717) is 31.9 Å². The maximum atomic E-state index is 12.8. The topological polar surface area (TPSA) is 77.5 Å². The minimum atomic E-state index is -0.0428. The second-order valence-corrected chi connectivity index (χ2v) is 6.88. The fourth-order valence-electron chi connectivity index (χ4n) is 3.12. The van der Waals surface area contributed by atoms with Crippen LogP contribution in [0.4, 0.5) is 0 Å². The van der Waals surface area contributed by atoms with Gasteiger partial charge in [-0.25, -0.2) is 0 Å². The molecule has 26 heavy (non-hydrogen) atoms. The van der Waals surface area contributed by atoms with E-state index in [2.05, 4.69) is 15.1 Å². The van der Waals surface area contributed by atoms with Gasteiger partial charge in [0.15, 0.2) is 0 Å². The summed E-state index contributed by atoms with van der Waals surface area (Å²) in [4.78, 5) is 30.2. The first-order chi connectivity index (χ1) is 12.5. The second-order valence-electron chi connectivity index (χ2n) is 6.88. The van der Waals surface area contributed by atoms with Crippen molar-refractivity contribution in [2.45, 2.75) is 6.42 Å². The number of H-pyrrole nitrogens is 1. The van der Waals surface area contributed by atoms with Crippen molar-refractivity contribution in [3.63, 3.8) is 0 Å². The smallest absolute Gasteiger partial charge is 0.271 e. The second kappa shape index (κ2) is 7.74. The molecule has 2 aromatic rings. The molecule has 0 aliphatic carbocycles. The van der Waals surface area contributed by atoms with Crippen LogP contribution in [0.25, 0.3) is 11.4 Å². The minimum Gasteiger partial charge on any atom is -0.349 e. The SMILES string of the molecule is CN(C)C(=O)CN1CCCN(C(=O)c2cc(-c3cccn3C)n[nH]2)CC1. The van der Waals surface area contributed by atoms with Crippen LogP contribution < -0.4 is 0 Å². The third-order valence-corrected chi connectivity index (χ3v) is 4.75. The molecule has 0 unspecified atom stereocenters. The first-order valence-electron chi connectivity index (χ1n) is 8.84. The Morgan fingerprint density at radius 3 is 2.73 bits per heavy atom. The van der Waals surface area contributed by atoms with Crippen LogP contribution in [0.15, 0.2) is 24.4 Å². The molecule has 140 valence electrons. The third-order valence-electron chi connectivity index (χ3n) is 4.75. The lowest BCUT2D eigenvalue weighted by atomic mass is 10.2. The van der Waals surface area contributed by atoms with Gasteiger partial charge in [0.05, 0.1) is 12.2 Å². The molecular weight excluding hydrogens is 332 g/mol. The van der Waals surface area contributed by atoms with Gasteiger partial charge in [-0.2, -0.15) is 5.10 Å². The summed E-state index contributed by atoms with van der Waals surface area (Å²) in [5, 5.41) is 7.15. The summed E-state index contributed by atoms with van der Waals surface area (Å²) in [6, 6.07) is 5.72. The van der Waals surface area contributed by atoms with Crippen molar-refractivity contribution in [2.24, 2.45) is 7.05 Å². The highest BCUT2D eigenvalue weighted by Crippen LogP contribution is 2.18. The molecule has 2 aromatic heterocycles. The van der Waals surface area contributed by atoms with E-state index in [1.54, 1.807) is 25.1 Å². The molecule has 2 amide bonds. The van der Waals surface area contributed by atoms with Crippen molar-refractivity contribution in [3.05, 3.63) is 30.1 Å². The number of likely N-dealkylation sites (N-methyl/N-ethyl adjacent to an activating group) is 1. The number of nitrogens with one attached hydrogen (secondary N) is 1. The van der Waals surface area contributed by atoms with Crippen molar-refractivity contribution in [1.29, 1.82) is 0 Å². The number of rotatable bonds is 4. The zero-order chi connectivity index (χ0) is 18.7. The van der Waals surface area contributed by atoms with E-state index >= 15 is 0 Å². The molecule has 0 bridgehead atoms. The molecule has 1 N–H and O–H groups in total. The zero-order valence-corrected chi connectivity index (χ0v) is 15.6. The summed E-state index contributed by atoms with van der Waals surface area (Å²) in [5.41, 5.74) is 2.22. The summed E-state index contributed by atoms with van der Waals surface area (Å²) < 4.78 is 1.97. The summed E-state index contributed by atoms with van der Waals surface area (Å²) >= 11 is 0. The van der Waals surface area contributed by atoms with E-state index in [-0.39, 0.29) is 11.8 Å². The Hall–Kier alpha value is -2.61. The number of aryl methyl sites for hydroxylation is 1. The molecule has 8 heteroatoms. The van der Waals surface area contributed by atoms with Crippen LogP contribution in [0.3, 0.4) is 0 Å². The standard InChI is InChI=1S/C18H26N6O2/c1-21(2)17(25)13-23-8-5-9-24(11-10-23)18(26)15-12-14(19-20-15)16-6-4-7-22(16)3/h4,6-7,12H,5,8-11,13H2,1-3H3,(H,19,20). The lowest BCUT2D eigenvalue weighted by molar-refractivity contribution is -0.129. The van der Waals surface area contributed by atoms with Crippen molar-refractivity contribution in [3.8, 4) is 11.4 Å². The summed E-state index contributed by atoms with van der Waals surface area (Å²) in [5.74, 6) is 0.0456. The molecule has 0 atom stereocenters. The number of hydrogen-bond donors (Lipinski definition) is 1. The number of amides is 2. The minimum absolute atomic E-state index is 0.0428. The lowest BCUT2D eigenvalue weighted by Gasteiger charge is -2.22. The fourth-order valence-corrected chi connectivity index (χ4v) is 3.12. The van der Waals surface area contributed by atoms with Crippen molar-refractivity contribution in [2.75, 3.05) is 46.8 Å². The monoisotopic (exact) mass is 358 g/mol. The van der Waals surface area contributed by atoms with Crippen LogP contribution in [0.5, 0.6) is 0 Å². The van der Waals surface area contributed by atoms with Crippen LogP contribution in [-0.4, -0.2) is 88.1 Å². The average molecular weight is 358 g/mol. The number of aromatic amines is 1. The van der Waals surface area contributed by atoms with E-state index in [4.69, 9.17) is 0 Å². The largest absolute Gasteiger partial charge is 0.349 e. The first-order valence-corrected chi connectivity index (χ1v) is 8.84. The molecule has 3 rings (SSSR count). The van der Waals surface area contributed by atoms with Gasteiger partial charge in [0.25, 0.3) is 5.91 Å². The van der Waals surface area contributed by atoms with Crippen molar-refractivity contribution >= 4 is 11.8 Å². The normalized spacial score (nSPS) is 15.7. The van der Waals surface area contributed by atoms with E-state index in [0.717, 1.165) is 24.4 Å². The predicted octanol–water partition coefficient (Wildman–Crippen LogP) is 0.651. The molecule has 1 aliphatic heterocycles. The molecule has 8 nitrogen and oxygen atoms in total. The van der Waals surface area contributed by atoms with Crippen molar-refractivity contribution in [1.82, 2.24) is 29.5 Å². The molecule has 0 aromatic carbocycles. The predicted molar refractivity (Wildman–Crippen MR) is 98.6 cm³/mol. The number of aromatic nitrogens is 3. The lowest BCUT2D eigenvalue weighted by Crippen LogP contribution is -2.39. The highest BCUT2D eigenvalue weighted by atomic mass is 16.2. The van der Waals surface area contributed by atoms with Gasteiger partial charge in [-0.05, 0) is 24.6 Å². The molecule has 1 saturated heterocycles. The van der Waals surface area contributed by atoms with E-state index in [1.165, 1.54) is 0 Å². The van der Waals surface area contributed by atoms with Crippen LogP contribution in [0.2, 0.25) is 0 Å². The van der Waals surface area contributed by atoms with Gasteiger partial charge >= 0.3 is 0 Å². The van der Waals surface area contributed by atoms with Crippen molar-refractivity contribution < 1.29 is 9.59 Å². The Bertz CT molecular complexity index is 778. The highest BCUT2D eigenvalue weighted by Gasteiger charge is 2.23. The number of hydrogen-bond acceptors (Lipinski definition) is 4. The molecule has 3 heterocycles. The molecule has 1 aliphatic rings. The molecule has 0 radical (unpaired) electrons. The Morgan fingerprint density at radius 1 is 1.23 bits per heavy atom. The Kier molecular flexibility index (Phi) is 5.41. The van der Waals surface area contributed by atoms with Gasteiger partial charge in [0.2, 0.25) is 5.91 Å². The number of nitrogens with zero attached hydrogens (tertiary/aromatic N) is 5. The summed E-state index contributed by atoms with van der Waals surface area (Å²) in [6.07, 6.45) is 2.80. The van der Waals surface area contributed by atoms with Gasteiger partial charge in [-0.15, -0.1) is 0 Å². The van der Waals surface area contributed by atoms with Crippen LogP contribution in [0.1, 0.15) is 16.9 Å². The maximum absolute atomic E-state index is 12.8. The Labute approximate surface area is 153 Å². The third kappa shape index (κ3) is 3.96. The first kappa shape index (κ1) is 18.2. The quantitative estimate of drug-likeness (QED) is 0.871. The fraction of sp³-hybridized carbons (Fsp3) is 0.500. The zero-order valence-electron chi connectivity index (χ0n) is 15.6. The average Bonchev–Trinajstić information content (AvgIpc) is 3.19. The van der Waals surface area contributed by atoms with Gasteiger partial charge in [0.1, 0.15) is 11.4 Å². The van der Waals surface area contributed by atoms with E-state index < -0.39 is 0 Å². The maximum Gasteiger partial charge on any atom is 0.271 e. The molecular formula is C18H26N6O2.